The van der Waals surface area contributed by atoms with Crippen molar-refractivity contribution in [2.75, 3.05) is 45.7 Å². The lowest BCUT2D eigenvalue weighted by Crippen LogP contribution is -2.47. The van der Waals surface area contributed by atoms with Gasteiger partial charge in [-0.3, -0.25) is 9.59 Å². The highest BCUT2D eigenvalue weighted by atomic mass is 35.5. The minimum absolute atomic E-state index is 0.0520. The van der Waals surface area contributed by atoms with Gasteiger partial charge in [-0.15, -0.1) is 11.3 Å². The van der Waals surface area contributed by atoms with E-state index in [1.54, 1.807) is 24.3 Å². The number of hydrogen-bond donors (Lipinski definition) is 1. The second-order valence-corrected chi connectivity index (χ2v) is 9.07. The summed E-state index contributed by atoms with van der Waals surface area (Å²) in [6.45, 7) is 3.05. The molecule has 0 atom stereocenters. The van der Waals surface area contributed by atoms with Gasteiger partial charge in [0, 0.05) is 52.8 Å². The normalized spacial score (nSPS) is 14.8. The number of fused-ring (bicyclic) bond motifs is 1. The molecule has 0 radical (unpaired) electrons. The number of amides is 2. The van der Waals surface area contributed by atoms with Crippen LogP contribution in [0.5, 0.6) is 5.75 Å². The van der Waals surface area contributed by atoms with Gasteiger partial charge >= 0.3 is 0 Å². The van der Waals surface area contributed by atoms with E-state index in [1.165, 1.54) is 24.5 Å². The maximum absolute atomic E-state index is 12.9. The van der Waals surface area contributed by atoms with Crippen molar-refractivity contribution in [1.29, 1.82) is 0 Å². The Morgan fingerprint density at radius 1 is 1.12 bits per heavy atom. The van der Waals surface area contributed by atoms with Gasteiger partial charge in [0.25, 0.3) is 5.91 Å². The van der Waals surface area contributed by atoms with Gasteiger partial charge in [0.05, 0.1) is 17.8 Å². The summed E-state index contributed by atoms with van der Waals surface area (Å²) < 4.78 is 6.44. The highest BCUT2D eigenvalue weighted by Gasteiger charge is 2.21. The van der Waals surface area contributed by atoms with Crippen LogP contribution in [0.1, 0.15) is 15.2 Å². The number of hydrogen-bond acceptors (Lipinski definition) is 5. The van der Waals surface area contributed by atoms with Gasteiger partial charge in [0.2, 0.25) is 5.91 Å². The van der Waals surface area contributed by atoms with Gasteiger partial charge < -0.3 is 19.9 Å². The molecule has 166 valence electrons. The van der Waals surface area contributed by atoms with E-state index in [0.717, 1.165) is 28.1 Å². The highest BCUT2D eigenvalue weighted by Crippen LogP contribution is 2.36. The Kier molecular flexibility index (Phi) is 6.79. The van der Waals surface area contributed by atoms with Crippen LogP contribution in [-0.2, 0) is 4.79 Å². The topological polar surface area (TPSA) is 61.9 Å². The fourth-order valence-corrected chi connectivity index (χ4v) is 5.00. The highest BCUT2D eigenvalue weighted by molar-refractivity contribution is 7.20. The van der Waals surface area contributed by atoms with Crippen molar-refractivity contribution in [3.05, 3.63) is 64.0 Å². The minimum atomic E-state index is -0.332. The number of carbonyl (C=O) groups excluding carboxylic acids is 2. The Bertz CT molecular complexity index is 1180. The van der Waals surface area contributed by atoms with Crippen LogP contribution < -0.4 is 10.1 Å². The molecule has 1 N–H and O–H groups in total. The first-order valence-electron chi connectivity index (χ1n) is 10.3. The number of carbonyl (C=O) groups is 2. The number of rotatable bonds is 5. The van der Waals surface area contributed by atoms with E-state index in [4.69, 9.17) is 16.3 Å². The molecular weight excluding hydrogens is 446 g/mol. The molecule has 1 fully saturated rings. The van der Waals surface area contributed by atoms with E-state index in [0.29, 0.717) is 35.1 Å². The number of ether oxygens (including phenoxy) is 1. The second kappa shape index (κ2) is 9.73. The zero-order valence-electron chi connectivity index (χ0n) is 17.9. The first-order valence-corrected chi connectivity index (χ1v) is 11.5. The fraction of sp³-hybridized carbons (Fsp3) is 0.250. The molecule has 0 unspecified atom stereocenters. The molecule has 8 heteroatoms. The first-order chi connectivity index (χ1) is 15.5. The minimum Gasteiger partial charge on any atom is -0.495 e. The predicted molar refractivity (Wildman–Crippen MR) is 131 cm³/mol. The van der Waals surface area contributed by atoms with E-state index in [9.17, 15) is 9.59 Å². The Labute approximate surface area is 196 Å². The largest absolute Gasteiger partial charge is 0.495 e. The van der Waals surface area contributed by atoms with Crippen LogP contribution in [0.15, 0.2) is 48.5 Å². The molecule has 2 amide bonds. The summed E-state index contributed by atoms with van der Waals surface area (Å²) in [6, 6.07) is 12.9. The molecule has 1 aromatic heterocycles. The summed E-state index contributed by atoms with van der Waals surface area (Å²) in [4.78, 5) is 30.3. The maximum Gasteiger partial charge on any atom is 0.254 e. The van der Waals surface area contributed by atoms with E-state index < -0.39 is 0 Å². The molecule has 0 saturated carbocycles. The van der Waals surface area contributed by atoms with Gasteiger partial charge in [-0.25, -0.2) is 0 Å². The van der Waals surface area contributed by atoms with Gasteiger partial charge in [-0.05, 0) is 37.4 Å². The third kappa shape index (κ3) is 4.80. The lowest BCUT2D eigenvalue weighted by atomic mass is 10.1. The quantitative estimate of drug-likeness (QED) is 0.554. The molecule has 2 aromatic carbocycles. The fourth-order valence-electron chi connectivity index (χ4n) is 3.60. The van der Waals surface area contributed by atoms with Gasteiger partial charge in [-0.1, -0.05) is 29.8 Å². The van der Waals surface area contributed by atoms with Gasteiger partial charge in [-0.2, -0.15) is 0 Å². The SMILES string of the molecule is COc1ccc(C(=O)N2CCN(C)CC2)cc1NC(=O)/C=C/c1sc2ccccc2c1Cl. The van der Waals surface area contributed by atoms with Crippen LogP contribution >= 0.6 is 22.9 Å². The molecule has 1 aliphatic rings. The van der Waals surface area contributed by atoms with E-state index in [1.807, 2.05) is 36.2 Å². The van der Waals surface area contributed by atoms with Gasteiger partial charge in [0.1, 0.15) is 5.75 Å². The number of halogens is 1. The maximum atomic E-state index is 12.9. The summed E-state index contributed by atoms with van der Waals surface area (Å²) in [5.41, 5.74) is 0.965. The summed E-state index contributed by atoms with van der Waals surface area (Å²) in [5, 5.41) is 4.42. The summed E-state index contributed by atoms with van der Waals surface area (Å²) in [5.74, 6) is 0.103. The lowest BCUT2D eigenvalue weighted by molar-refractivity contribution is -0.111. The Morgan fingerprint density at radius 3 is 2.59 bits per heavy atom. The average Bonchev–Trinajstić information content (AvgIpc) is 3.13. The number of benzene rings is 2. The third-order valence-corrected chi connectivity index (χ3v) is 7.10. The van der Waals surface area contributed by atoms with E-state index in [2.05, 4.69) is 10.2 Å². The lowest BCUT2D eigenvalue weighted by Gasteiger charge is -2.32. The van der Waals surface area contributed by atoms with Crippen molar-refractivity contribution in [2.45, 2.75) is 0 Å². The molecule has 1 saturated heterocycles. The van der Waals surface area contributed by atoms with Crippen molar-refractivity contribution in [2.24, 2.45) is 0 Å². The zero-order valence-corrected chi connectivity index (χ0v) is 19.5. The molecule has 0 aliphatic carbocycles. The van der Waals surface area contributed by atoms with Crippen molar-refractivity contribution >= 4 is 56.6 Å². The molecule has 4 rings (SSSR count). The van der Waals surface area contributed by atoms with E-state index in [-0.39, 0.29) is 11.8 Å². The number of nitrogens with one attached hydrogen (secondary N) is 1. The van der Waals surface area contributed by atoms with Crippen LogP contribution in [0.2, 0.25) is 5.02 Å². The number of likely N-dealkylation sites (N-methyl/N-ethyl adjacent to an activating group) is 1. The number of anilines is 1. The number of methoxy groups -OCH3 is 1. The summed E-state index contributed by atoms with van der Waals surface area (Å²) in [7, 11) is 3.57. The summed E-state index contributed by atoms with van der Waals surface area (Å²) in [6.07, 6.45) is 3.14. The van der Waals surface area contributed by atoms with Crippen LogP contribution in [0.25, 0.3) is 16.2 Å². The number of piperazine rings is 1. The smallest absolute Gasteiger partial charge is 0.254 e. The monoisotopic (exact) mass is 469 g/mol. The first kappa shape index (κ1) is 22.3. The van der Waals surface area contributed by atoms with Crippen LogP contribution in [0.4, 0.5) is 5.69 Å². The van der Waals surface area contributed by atoms with Crippen molar-refractivity contribution < 1.29 is 14.3 Å². The molecule has 2 heterocycles. The summed E-state index contributed by atoms with van der Waals surface area (Å²) >= 11 is 7.97. The van der Waals surface area contributed by atoms with Gasteiger partial charge in [0.15, 0.2) is 0 Å². The van der Waals surface area contributed by atoms with Crippen molar-refractivity contribution in [3.63, 3.8) is 0 Å². The molecule has 0 spiro atoms. The van der Waals surface area contributed by atoms with Crippen LogP contribution in [0, 0.1) is 0 Å². The average molecular weight is 470 g/mol. The zero-order chi connectivity index (χ0) is 22.7. The molecule has 0 bridgehead atoms. The Hall–Kier alpha value is -2.87. The van der Waals surface area contributed by atoms with E-state index >= 15 is 0 Å². The molecule has 6 nitrogen and oxygen atoms in total. The van der Waals surface area contributed by atoms with Crippen LogP contribution in [0.3, 0.4) is 0 Å². The molecular formula is C24H24ClN3O3S. The second-order valence-electron chi connectivity index (χ2n) is 7.61. The molecule has 3 aromatic rings. The number of nitrogens with zero attached hydrogens (tertiary/aromatic N) is 2. The predicted octanol–water partition coefficient (Wildman–Crippen LogP) is 4.60. The van der Waals surface area contributed by atoms with Crippen LogP contribution in [-0.4, -0.2) is 62.0 Å². The van der Waals surface area contributed by atoms with Crippen molar-refractivity contribution in [3.8, 4) is 5.75 Å². The Morgan fingerprint density at radius 2 is 1.88 bits per heavy atom. The molecule has 32 heavy (non-hydrogen) atoms. The van der Waals surface area contributed by atoms with Crippen molar-refractivity contribution in [1.82, 2.24) is 9.80 Å². The Balaban J connectivity index is 1.50. The number of thiophene rings is 1. The molecule has 1 aliphatic heterocycles. The third-order valence-electron chi connectivity index (χ3n) is 5.44. The standard InChI is InChI=1S/C24H24ClN3O3S/c1-27-11-13-28(14-12-27)24(30)16-7-8-19(31-2)18(15-16)26-22(29)10-9-21-23(25)17-5-3-4-6-20(17)32-21/h3-10,15H,11-14H2,1-2H3,(H,26,29)/b10-9+.